The first-order chi connectivity index (χ1) is 7.65. The molecule has 0 fully saturated rings. The van der Waals surface area contributed by atoms with Crippen molar-refractivity contribution >= 4 is 5.91 Å². The Kier molecular flexibility index (Phi) is 4.72. The molecule has 0 spiro atoms. The van der Waals surface area contributed by atoms with Crippen molar-refractivity contribution in [3.05, 3.63) is 24.0 Å². The minimum Gasteiger partial charge on any atom is -0.505 e. The zero-order valence-corrected chi connectivity index (χ0v) is 9.18. The van der Waals surface area contributed by atoms with Crippen LogP contribution in [0.3, 0.4) is 0 Å². The van der Waals surface area contributed by atoms with Gasteiger partial charge in [0.15, 0.2) is 0 Å². The molecule has 0 aromatic carbocycles. The van der Waals surface area contributed by atoms with Gasteiger partial charge in [-0.25, -0.2) is 0 Å². The van der Waals surface area contributed by atoms with Crippen LogP contribution < -0.4 is 5.32 Å². The van der Waals surface area contributed by atoms with Gasteiger partial charge in [-0.2, -0.15) is 0 Å². The van der Waals surface area contributed by atoms with Crippen LogP contribution in [0.2, 0.25) is 0 Å². The van der Waals surface area contributed by atoms with E-state index in [4.69, 9.17) is 0 Å². The number of amides is 1. The summed E-state index contributed by atoms with van der Waals surface area (Å²) in [6.07, 6.45) is 3.43. The SMILES string of the molecule is CCC(O)CCNC(=O)c1ccncc1O. The Bertz CT molecular complexity index is 355. The summed E-state index contributed by atoms with van der Waals surface area (Å²) >= 11 is 0. The van der Waals surface area contributed by atoms with E-state index in [2.05, 4.69) is 10.3 Å². The lowest BCUT2D eigenvalue weighted by atomic mass is 10.2. The van der Waals surface area contributed by atoms with E-state index in [1.165, 1.54) is 18.5 Å². The molecule has 1 unspecified atom stereocenters. The summed E-state index contributed by atoms with van der Waals surface area (Å²) in [5, 5.41) is 21.3. The van der Waals surface area contributed by atoms with E-state index in [1.807, 2.05) is 6.92 Å². The van der Waals surface area contributed by atoms with Crippen LogP contribution in [0, 0.1) is 0 Å². The van der Waals surface area contributed by atoms with Crippen LogP contribution >= 0.6 is 0 Å². The second kappa shape index (κ2) is 6.07. The molecule has 0 saturated carbocycles. The lowest BCUT2D eigenvalue weighted by Crippen LogP contribution is -2.27. The highest BCUT2D eigenvalue weighted by atomic mass is 16.3. The van der Waals surface area contributed by atoms with E-state index in [1.54, 1.807) is 0 Å². The molecule has 0 radical (unpaired) electrons. The molecule has 1 heterocycles. The van der Waals surface area contributed by atoms with Gasteiger partial charge >= 0.3 is 0 Å². The number of carbonyl (C=O) groups is 1. The zero-order valence-electron chi connectivity index (χ0n) is 9.18. The molecular formula is C11H16N2O3. The Morgan fingerprint density at radius 1 is 1.62 bits per heavy atom. The van der Waals surface area contributed by atoms with Crippen molar-refractivity contribution in [3.8, 4) is 5.75 Å². The highest BCUT2D eigenvalue weighted by molar-refractivity contribution is 5.96. The van der Waals surface area contributed by atoms with Crippen LogP contribution in [-0.4, -0.2) is 33.8 Å². The van der Waals surface area contributed by atoms with Gasteiger partial charge in [0.2, 0.25) is 0 Å². The van der Waals surface area contributed by atoms with E-state index >= 15 is 0 Å². The minimum atomic E-state index is -0.397. The molecule has 88 valence electrons. The third kappa shape index (κ3) is 3.51. The molecule has 0 bridgehead atoms. The fraction of sp³-hybridized carbons (Fsp3) is 0.455. The number of pyridine rings is 1. The van der Waals surface area contributed by atoms with Gasteiger partial charge < -0.3 is 15.5 Å². The summed E-state index contributed by atoms with van der Waals surface area (Å²) in [6, 6.07) is 1.45. The highest BCUT2D eigenvalue weighted by Crippen LogP contribution is 2.13. The van der Waals surface area contributed by atoms with Gasteiger partial charge in [0.25, 0.3) is 5.91 Å². The van der Waals surface area contributed by atoms with Crippen LogP contribution in [0.1, 0.15) is 30.1 Å². The Hall–Kier alpha value is -1.62. The summed E-state index contributed by atoms with van der Waals surface area (Å²) in [4.78, 5) is 15.2. The number of nitrogens with zero attached hydrogens (tertiary/aromatic N) is 1. The molecule has 3 N–H and O–H groups in total. The third-order valence-electron chi connectivity index (χ3n) is 2.28. The van der Waals surface area contributed by atoms with E-state index in [9.17, 15) is 15.0 Å². The summed E-state index contributed by atoms with van der Waals surface area (Å²) < 4.78 is 0. The zero-order chi connectivity index (χ0) is 12.0. The standard InChI is InChI=1S/C11H16N2O3/c1-2-8(14)3-6-13-11(16)9-4-5-12-7-10(9)15/h4-5,7-8,14-15H,2-3,6H2,1H3,(H,13,16). The van der Waals surface area contributed by atoms with Crippen LogP contribution in [0.4, 0.5) is 0 Å². The Labute approximate surface area is 94.1 Å². The first kappa shape index (κ1) is 12.4. The number of aromatic hydroxyl groups is 1. The molecule has 5 nitrogen and oxygen atoms in total. The predicted molar refractivity (Wildman–Crippen MR) is 59.1 cm³/mol. The molecule has 0 saturated heterocycles. The van der Waals surface area contributed by atoms with E-state index in [-0.39, 0.29) is 17.2 Å². The van der Waals surface area contributed by atoms with Gasteiger partial charge in [-0.1, -0.05) is 6.92 Å². The van der Waals surface area contributed by atoms with Gasteiger partial charge in [-0.05, 0) is 18.9 Å². The van der Waals surface area contributed by atoms with Crippen LogP contribution in [-0.2, 0) is 0 Å². The maximum atomic E-state index is 11.6. The average Bonchev–Trinajstić information content (AvgIpc) is 2.29. The fourth-order valence-corrected chi connectivity index (χ4v) is 1.23. The monoisotopic (exact) mass is 224 g/mol. The number of aliphatic hydroxyl groups excluding tert-OH is 1. The quantitative estimate of drug-likeness (QED) is 0.686. The van der Waals surface area contributed by atoms with E-state index in [0.717, 1.165) is 0 Å². The Balaban J connectivity index is 2.44. The van der Waals surface area contributed by atoms with Crippen LogP contribution in [0.25, 0.3) is 0 Å². The molecule has 5 heteroatoms. The van der Waals surface area contributed by atoms with Crippen LogP contribution in [0.15, 0.2) is 18.5 Å². The molecule has 0 aliphatic heterocycles. The molecule has 1 amide bonds. The minimum absolute atomic E-state index is 0.143. The molecule has 0 aliphatic carbocycles. The first-order valence-electron chi connectivity index (χ1n) is 5.24. The maximum Gasteiger partial charge on any atom is 0.255 e. The number of nitrogens with one attached hydrogen (secondary N) is 1. The summed E-state index contributed by atoms with van der Waals surface area (Å²) in [5.74, 6) is -0.501. The van der Waals surface area contributed by atoms with Crippen molar-refractivity contribution in [2.75, 3.05) is 6.54 Å². The Morgan fingerprint density at radius 2 is 2.38 bits per heavy atom. The molecular weight excluding hydrogens is 208 g/mol. The molecule has 16 heavy (non-hydrogen) atoms. The van der Waals surface area contributed by atoms with Gasteiger partial charge in [-0.3, -0.25) is 9.78 Å². The topological polar surface area (TPSA) is 82.5 Å². The maximum absolute atomic E-state index is 11.6. The molecule has 1 aromatic rings. The number of carbonyl (C=O) groups excluding carboxylic acids is 1. The summed E-state index contributed by atoms with van der Waals surface area (Å²) in [5.41, 5.74) is 0.195. The van der Waals surface area contributed by atoms with Crippen molar-refractivity contribution in [3.63, 3.8) is 0 Å². The van der Waals surface area contributed by atoms with Crippen molar-refractivity contribution in [2.45, 2.75) is 25.9 Å². The Morgan fingerprint density at radius 3 is 3.00 bits per heavy atom. The van der Waals surface area contributed by atoms with Gasteiger partial charge in [0.1, 0.15) is 5.75 Å². The molecule has 0 aliphatic rings. The largest absolute Gasteiger partial charge is 0.505 e. The van der Waals surface area contributed by atoms with Gasteiger partial charge in [0, 0.05) is 12.7 Å². The van der Waals surface area contributed by atoms with Crippen molar-refractivity contribution in [2.24, 2.45) is 0 Å². The van der Waals surface area contributed by atoms with Crippen LogP contribution in [0.5, 0.6) is 5.75 Å². The summed E-state index contributed by atoms with van der Waals surface area (Å²) in [7, 11) is 0. The van der Waals surface area contributed by atoms with Crippen molar-refractivity contribution in [1.29, 1.82) is 0 Å². The fourth-order valence-electron chi connectivity index (χ4n) is 1.23. The number of aliphatic hydroxyl groups is 1. The third-order valence-corrected chi connectivity index (χ3v) is 2.28. The second-order valence-electron chi connectivity index (χ2n) is 3.50. The average molecular weight is 224 g/mol. The number of aromatic nitrogens is 1. The van der Waals surface area contributed by atoms with E-state index in [0.29, 0.717) is 19.4 Å². The smallest absolute Gasteiger partial charge is 0.255 e. The predicted octanol–water partition coefficient (Wildman–Crippen LogP) is 0.678. The number of hydrogen-bond acceptors (Lipinski definition) is 4. The number of hydrogen-bond donors (Lipinski definition) is 3. The van der Waals surface area contributed by atoms with Crippen molar-refractivity contribution < 1.29 is 15.0 Å². The highest BCUT2D eigenvalue weighted by Gasteiger charge is 2.10. The lowest BCUT2D eigenvalue weighted by Gasteiger charge is -2.09. The molecule has 1 aromatic heterocycles. The normalized spacial score (nSPS) is 12.1. The molecule has 1 rings (SSSR count). The van der Waals surface area contributed by atoms with E-state index < -0.39 is 6.10 Å². The molecule has 1 atom stereocenters. The lowest BCUT2D eigenvalue weighted by molar-refractivity contribution is 0.0939. The van der Waals surface area contributed by atoms with Gasteiger partial charge in [0.05, 0.1) is 17.9 Å². The first-order valence-corrected chi connectivity index (χ1v) is 5.24. The summed E-state index contributed by atoms with van der Waals surface area (Å²) in [6.45, 7) is 2.26. The van der Waals surface area contributed by atoms with Gasteiger partial charge in [-0.15, -0.1) is 0 Å². The number of rotatable bonds is 5. The van der Waals surface area contributed by atoms with Crippen molar-refractivity contribution in [1.82, 2.24) is 10.3 Å². The second-order valence-corrected chi connectivity index (χ2v) is 3.50.